The van der Waals surface area contributed by atoms with E-state index in [1.165, 1.54) is 22.4 Å². The largest absolute Gasteiger partial charge is 0.457 e. The highest BCUT2D eigenvalue weighted by Crippen LogP contribution is 2.49. The van der Waals surface area contributed by atoms with Crippen LogP contribution in [0.2, 0.25) is 0 Å². The van der Waals surface area contributed by atoms with Crippen LogP contribution in [-0.4, -0.2) is 13.1 Å². The van der Waals surface area contributed by atoms with Gasteiger partial charge in [-0.2, -0.15) is 0 Å². The molecule has 0 aromatic heterocycles. The highest BCUT2D eigenvalue weighted by atomic mass is 16.5. The quantitative estimate of drug-likeness (QED) is 0.304. The summed E-state index contributed by atoms with van der Waals surface area (Å²) >= 11 is 0. The van der Waals surface area contributed by atoms with E-state index < -0.39 is 0 Å². The minimum absolute atomic E-state index is 0.0610. The third-order valence-corrected chi connectivity index (χ3v) is 8.59. The molecule has 39 heavy (non-hydrogen) atoms. The second-order valence-electron chi connectivity index (χ2n) is 12.5. The van der Waals surface area contributed by atoms with Gasteiger partial charge in [-0.25, -0.2) is 10.1 Å². The Morgan fingerprint density at radius 2 is 1.54 bits per heavy atom. The first-order valence-corrected chi connectivity index (χ1v) is 13.8. The van der Waals surface area contributed by atoms with Crippen LogP contribution in [0.5, 0.6) is 0 Å². The molecular weight excluding hydrogens is 478 g/mol. The van der Waals surface area contributed by atoms with Crippen LogP contribution >= 0.6 is 0 Å². The van der Waals surface area contributed by atoms with Crippen molar-refractivity contribution in [2.24, 2.45) is 0 Å². The Morgan fingerprint density at radius 3 is 2.08 bits per heavy atom. The average molecular weight is 516 g/mol. The molecule has 3 heterocycles. The Balaban J connectivity index is 1.59. The average Bonchev–Trinajstić information content (AvgIpc) is 2.86. The molecule has 0 unspecified atom stereocenters. The molecule has 0 N–H and O–H groups in total. The van der Waals surface area contributed by atoms with E-state index in [4.69, 9.17) is 11.3 Å². The minimum atomic E-state index is 0.0610. The fraction of sp³-hybridized carbons (Fsp3) is 0.371. The van der Waals surface area contributed by atoms with Crippen LogP contribution in [-0.2, 0) is 15.6 Å². The first-order chi connectivity index (χ1) is 18.4. The summed E-state index contributed by atoms with van der Waals surface area (Å²) in [4.78, 5) is 6.06. The van der Waals surface area contributed by atoms with E-state index >= 15 is 0 Å². The van der Waals surface area contributed by atoms with Gasteiger partial charge in [0, 0.05) is 24.3 Å². The molecular formula is C35H37N3O. The summed E-state index contributed by atoms with van der Waals surface area (Å²) in [5, 5.41) is 9.63. The molecule has 198 valence electrons. The number of hydrogen-bond donors (Lipinski definition) is 0. The summed E-state index contributed by atoms with van der Waals surface area (Å²) in [5.41, 5.74) is 10.7. The smallest absolute Gasteiger partial charge is 0.269 e. The van der Waals surface area contributed by atoms with Crippen LogP contribution in [0.4, 0.5) is 5.69 Å². The van der Waals surface area contributed by atoms with E-state index in [2.05, 4.69) is 94.6 Å². The van der Waals surface area contributed by atoms with E-state index in [0.717, 1.165) is 48.2 Å². The van der Waals surface area contributed by atoms with Crippen molar-refractivity contribution in [1.29, 1.82) is 5.26 Å². The molecule has 4 nitrogen and oxygen atoms in total. The monoisotopic (exact) mass is 515 g/mol. The Labute approximate surface area is 233 Å². The first kappa shape index (κ1) is 26.6. The second-order valence-corrected chi connectivity index (χ2v) is 12.5. The number of ether oxygens (including phenoxy) is 1. The van der Waals surface area contributed by atoms with Gasteiger partial charge in [-0.15, -0.1) is 0 Å². The third-order valence-electron chi connectivity index (χ3n) is 8.59. The van der Waals surface area contributed by atoms with Crippen LogP contribution in [0.1, 0.15) is 79.5 Å². The number of hydrogen-bond acceptors (Lipinski definition) is 3. The van der Waals surface area contributed by atoms with Gasteiger partial charge in [-0.1, -0.05) is 51.5 Å². The van der Waals surface area contributed by atoms with E-state index in [0.29, 0.717) is 17.1 Å². The number of rotatable bonds is 3. The Hall–Kier alpha value is -4.02. The Morgan fingerprint density at radius 1 is 0.949 bits per heavy atom. The van der Waals surface area contributed by atoms with Crippen molar-refractivity contribution in [3.63, 3.8) is 0 Å². The van der Waals surface area contributed by atoms with Gasteiger partial charge in [-0.3, -0.25) is 0 Å². The fourth-order valence-electron chi connectivity index (χ4n) is 6.32. The van der Waals surface area contributed by atoms with Crippen LogP contribution in [0, 0.1) is 38.7 Å². The molecule has 0 bridgehead atoms. The summed E-state index contributed by atoms with van der Waals surface area (Å²) in [7, 11) is 0. The third kappa shape index (κ3) is 4.81. The molecule has 0 atom stereocenters. The highest BCUT2D eigenvalue weighted by Gasteiger charge is 2.39. The van der Waals surface area contributed by atoms with Gasteiger partial charge in [0.25, 0.3) is 5.70 Å². The topological polar surface area (TPSA) is 40.6 Å². The Bertz CT molecular complexity index is 1500. The summed E-state index contributed by atoms with van der Waals surface area (Å²) < 4.78 is 6.43. The maximum atomic E-state index is 9.63. The van der Waals surface area contributed by atoms with Gasteiger partial charge < -0.3 is 9.64 Å². The van der Waals surface area contributed by atoms with E-state index in [1.54, 1.807) is 6.08 Å². The molecule has 5 rings (SSSR count). The van der Waals surface area contributed by atoms with Gasteiger partial charge in [0.2, 0.25) is 0 Å². The summed E-state index contributed by atoms with van der Waals surface area (Å²) in [6.07, 6.45) is 10.00. The summed E-state index contributed by atoms with van der Waals surface area (Å²) in [6.45, 7) is 25.4. The predicted octanol–water partition coefficient (Wildman–Crippen LogP) is 8.45. The summed E-state index contributed by atoms with van der Waals surface area (Å²) in [5.74, 6) is 1.28. The van der Waals surface area contributed by atoms with E-state index in [-0.39, 0.29) is 16.5 Å². The van der Waals surface area contributed by atoms with Gasteiger partial charge in [0.05, 0.1) is 12.6 Å². The van der Waals surface area contributed by atoms with E-state index in [9.17, 15) is 5.26 Å². The molecule has 2 aromatic rings. The standard InChI is InChI=1S/C35H37N3O/c1-22-15-23(2)32(24(3)16-22)31-20-26(30(21-36)37-8)19-27(39-31)10-9-25-17-28-33-29(18-25)35(6,7)12-14-38(33)13-11-34(28,4)5/h9-10,15-20H,11-14H2,1-7H3. The summed E-state index contributed by atoms with van der Waals surface area (Å²) in [6, 6.07) is 11.0. The lowest BCUT2D eigenvalue weighted by Crippen LogP contribution is -2.44. The molecule has 2 aromatic carbocycles. The molecule has 0 aliphatic carbocycles. The molecule has 0 saturated carbocycles. The highest BCUT2D eigenvalue weighted by molar-refractivity contribution is 5.75. The maximum absolute atomic E-state index is 9.63. The lowest BCUT2D eigenvalue weighted by Gasteiger charge is -2.48. The molecule has 3 aliphatic rings. The zero-order chi connectivity index (χ0) is 28.1. The number of nitriles is 1. The number of aryl methyl sites for hydroxylation is 3. The zero-order valence-electron chi connectivity index (χ0n) is 24.2. The number of nitrogens with zero attached hydrogens (tertiary/aromatic N) is 3. The van der Waals surface area contributed by atoms with Gasteiger partial charge >= 0.3 is 0 Å². The fourth-order valence-corrected chi connectivity index (χ4v) is 6.32. The maximum Gasteiger partial charge on any atom is 0.269 e. The first-order valence-electron chi connectivity index (χ1n) is 13.8. The Kier molecular flexibility index (Phi) is 6.56. The van der Waals surface area contributed by atoms with Crippen LogP contribution < -0.4 is 4.90 Å². The number of benzene rings is 2. The molecule has 0 spiro atoms. The van der Waals surface area contributed by atoms with Crippen molar-refractivity contribution < 1.29 is 4.74 Å². The van der Waals surface area contributed by atoms with E-state index in [1.807, 2.05) is 12.2 Å². The van der Waals surface area contributed by atoms with Crippen LogP contribution in [0.3, 0.4) is 0 Å². The van der Waals surface area contributed by atoms with Crippen LogP contribution in [0.25, 0.3) is 16.7 Å². The van der Waals surface area contributed by atoms with Crippen molar-refractivity contribution in [1.82, 2.24) is 0 Å². The van der Waals surface area contributed by atoms with Crippen molar-refractivity contribution in [2.45, 2.75) is 72.1 Å². The van der Waals surface area contributed by atoms with Gasteiger partial charge in [-0.05, 0) is 108 Å². The number of anilines is 1. The molecule has 0 saturated heterocycles. The van der Waals surface area contributed by atoms with Gasteiger partial charge in [0.1, 0.15) is 11.5 Å². The normalized spacial score (nSPS) is 20.3. The van der Waals surface area contributed by atoms with Crippen molar-refractivity contribution >= 4 is 17.5 Å². The zero-order valence-corrected chi connectivity index (χ0v) is 24.2. The lowest BCUT2D eigenvalue weighted by atomic mass is 9.69. The van der Waals surface area contributed by atoms with Crippen molar-refractivity contribution in [3.8, 4) is 6.07 Å². The van der Waals surface area contributed by atoms with Crippen molar-refractivity contribution in [2.75, 3.05) is 18.0 Å². The van der Waals surface area contributed by atoms with Crippen LogP contribution in [0.15, 0.2) is 59.5 Å². The predicted molar refractivity (Wildman–Crippen MR) is 160 cm³/mol. The van der Waals surface area contributed by atoms with Crippen molar-refractivity contribution in [3.05, 3.63) is 110 Å². The molecule has 0 fully saturated rings. The van der Waals surface area contributed by atoms with Gasteiger partial charge in [0.15, 0.2) is 0 Å². The molecule has 0 amide bonds. The lowest BCUT2D eigenvalue weighted by molar-refractivity contribution is 0.396. The molecule has 3 aliphatic heterocycles. The number of allylic oxidation sites excluding steroid dienone is 5. The molecule has 0 radical (unpaired) electrons. The minimum Gasteiger partial charge on any atom is -0.457 e. The molecule has 4 heteroatoms. The second kappa shape index (κ2) is 9.62. The SMILES string of the molecule is [C-]#[N+]C(C#N)=C1C=C(C=Cc2cc3c4c(c2)C(C)(C)CCN4CCC3(C)C)OC(c2c(C)cc(C)cc2C)=C1.